The lowest BCUT2D eigenvalue weighted by atomic mass is 10.1. The molecule has 0 aliphatic rings. The van der Waals surface area contributed by atoms with Crippen molar-refractivity contribution in [3.8, 4) is 0 Å². The predicted octanol–water partition coefficient (Wildman–Crippen LogP) is 0.668. The highest BCUT2D eigenvalue weighted by Crippen LogP contribution is 2.28. The van der Waals surface area contributed by atoms with Crippen LogP contribution in [0, 0.1) is 0 Å². The number of rotatable bonds is 32. The van der Waals surface area contributed by atoms with Crippen LogP contribution in [0.25, 0.3) is 12.2 Å². The molecule has 364 valence electrons. The number of hydrogen-bond acceptors (Lipinski definition) is 24. The van der Waals surface area contributed by atoms with Gasteiger partial charge in [-0.1, -0.05) is 24.3 Å². The minimum Gasteiger partial charge on any atom is -0.394 e. The summed E-state index contributed by atoms with van der Waals surface area (Å²) in [6, 6.07) is 6.86. The smallest absolute Gasteiger partial charge is 0.295 e. The molecule has 26 nitrogen and oxygen atoms in total. The quantitative estimate of drug-likeness (QED) is 0.0182. The molecule has 2 atom stereocenters. The van der Waals surface area contributed by atoms with Crippen molar-refractivity contribution in [2.45, 2.75) is 35.7 Å². The second-order valence-electron chi connectivity index (χ2n) is 13.9. The zero-order chi connectivity index (χ0) is 48.0. The van der Waals surface area contributed by atoms with Crippen molar-refractivity contribution < 1.29 is 65.3 Å². The summed E-state index contributed by atoms with van der Waals surface area (Å²) in [6.07, 6.45) is 2.45. The average molecular weight is 969 g/mol. The molecule has 2 unspecified atom stereocenters. The van der Waals surface area contributed by atoms with Crippen LogP contribution >= 0.6 is 0 Å². The number of hydrogen-bond donors (Lipinski definition) is 12. The lowest BCUT2D eigenvalue weighted by Gasteiger charge is -2.15. The van der Waals surface area contributed by atoms with Crippen LogP contribution in [0.2, 0.25) is 0 Å². The summed E-state index contributed by atoms with van der Waals surface area (Å²) in [6.45, 7) is 5.32. The number of aromatic nitrogens is 6. The summed E-state index contributed by atoms with van der Waals surface area (Å²) in [5.41, 5.74) is 0.113. The Morgan fingerprint density at radius 1 is 0.515 bits per heavy atom. The Bertz CT molecular complexity index is 2220. The van der Waals surface area contributed by atoms with E-state index in [1.54, 1.807) is 13.8 Å². The molecule has 0 amide bonds. The maximum Gasteiger partial charge on any atom is 0.295 e. The molecule has 0 fully saturated rings. The zero-order valence-electron chi connectivity index (χ0n) is 36.1. The molecule has 0 saturated carbocycles. The summed E-state index contributed by atoms with van der Waals surface area (Å²) in [5.74, 6) is 0.251. The molecule has 2 aromatic carbocycles. The van der Waals surface area contributed by atoms with Gasteiger partial charge in [-0.2, -0.15) is 46.7 Å². The van der Waals surface area contributed by atoms with Crippen LogP contribution in [0.15, 0.2) is 46.2 Å². The highest BCUT2D eigenvalue weighted by atomic mass is 32.2. The fourth-order valence-electron chi connectivity index (χ4n) is 5.31. The topological polar surface area (TPSA) is 376 Å². The highest BCUT2D eigenvalue weighted by molar-refractivity contribution is 7.86. The average Bonchev–Trinajstić information content (AvgIpc) is 3.27. The van der Waals surface area contributed by atoms with Gasteiger partial charge in [-0.05, 0) is 49.2 Å². The first-order valence-electron chi connectivity index (χ1n) is 20.3. The van der Waals surface area contributed by atoms with Crippen LogP contribution in [0.5, 0.6) is 0 Å². The second kappa shape index (κ2) is 27.2. The standard InChI is InChI=1S/C38H56N12O14S2/c1-25(23-53)41-35-45-33(39-9-13-61-17-19-63-15-11-51)47-37(49-35)43-29-7-5-27(31(21-29)65(55,56)57)3-4-28-6-8-30(22-32(28)66(58,59)60)44-38-48-34(46-36(50-38)42-26(2)24-54)40-10-14-62-18-20-64-16-12-52/h3-8,21-22,25-26,51-54H,9-20,23-24H2,1-2H3,(H,55,56,57)(H,58,59,60)(H3,39,41,43,45,47,49)(H3,40,42,44,46,48,50)/b4-3+. The molecule has 0 aliphatic carbocycles. The van der Waals surface area contributed by atoms with E-state index in [1.807, 2.05) is 0 Å². The van der Waals surface area contributed by atoms with Gasteiger partial charge < -0.3 is 71.3 Å². The van der Waals surface area contributed by atoms with E-state index >= 15 is 0 Å². The SMILES string of the molecule is CC(CO)Nc1nc(NCCOCCOCCO)nc(Nc2ccc(/C=C/c3ccc(Nc4nc(NCCOCCOCCO)nc(NC(C)CO)n4)cc3S(=O)(=O)O)c(S(=O)(=O)O)c2)n1. The van der Waals surface area contributed by atoms with Crippen molar-refractivity contribution in [1.29, 1.82) is 0 Å². The molecule has 2 aromatic heterocycles. The van der Waals surface area contributed by atoms with E-state index < -0.39 is 42.1 Å². The van der Waals surface area contributed by atoms with Gasteiger partial charge in [-0.3, -0.25) is 9.11 Å². The summed E-state index contributed by atoms with van der Waals surface area (Å²) in [5, 5.41) is 54.3. The van der Waals surface area contributed by atoms with Crippen LogP contribution in [0.4, 0.5) is 47.1 Å². The van der Waals surface area contributed by atoms with Gasteiger partial charge in [0.25, 0.3) is 20.2 Å². The summed E-state index contributed by atoms with van der Waals surface area (Å²) in [7, 11) is -9.79. The maximum atomic E-state index is 12.7. The minimum atomic E-state index is -4.90. The van der Waals surface area contributed by atoms with Crippen molar-refractivity contribution >= 4 is 79.5 Å². The van der Waals surface area contributed by atoms with Crippen LogP contribution in [-0.4, -0.2) is 181 Å². The molecule has 0 aliphatic heterocycles. The molecule has 28 heteroatoms. The number of nitrogens with zero attached hydrogens (tertiary/aromatic N) is 6. The van der Waals surface area contributed by atoms with Gasteiger partial charge in [0.1, 0.15) is 9.79 Å². The van der Waals surface area contributed by atoms with E-state index in [4.69, 9.17) is 29.2 Å². The molecule has 0 saturated heterocycles. The van der Waals surface area contributed by atoms with Gasteiger partial charge in [-0.25, -0.2) is 0 Å². The largest absolute Gasteiger partial charge is 0.394 e. The first-order chi connectivity index (χ1) is 31.6. The summed E-state index contributed by atoms with van der Waals surface area (Å²) < 4.78 is 92.4. The van der Waals surface area contributed by atoms with Crippen molar-refractivity contribution in [3.63, 3.8) is 0 Å². The number of ether oxygens (including phenoxy) is 4. The third kappa shape index (κ3) is 18.8. The second-order valence-corrected chi connectivity index (χ2v) is 16.6. The number of anilines is 8. The Kier molecular flexibility index (Phi) is 21.9. The zero-order valence-corrected chi connectivity index (χ0v) is 37.8. The van der Waals surface area contributed by atoms with E-state index in [2.05, 4.69) is 61.8 Å². The molecule has 66 heavy (non-hydrogen) atoms. The Hall–Kier alpha value is -5.50. The summed E-state index contributed by atoms with van der Waals surface area (Å²) >= 11 is 0. The molecular formula is C38H56N12O14S2. The fourth-order valence-corrected chi connectivity index (χ4v) is 6.73. The van der Waals surface area contributed by atoms with Gasteiger partial charge >= 0.3 is 0 Å². The van der Waals surface area contributed by atoms with Crippen LogP contribution < -0.4 is 31.9 Å². The molecule has 12 N–H and O–H groups in total. The van der Waals surface area contributed by atoms with Gasteiger partial charge in [0.05, 0.1) is 79.3 Å². The number of benzene rings is 2. The van der Waals surface area contributed by atoms with E-state index in [1.165, 1.54) is 36.4 Å². The monoisotopic (exact) mass is 968 g/mol. The molecule has 2 heterocycles. The van der Waals surface area contributed by atoms with Gasteiger partial charge in [0.15, 0.2) is 0 Å². The highest BCUT2D eigenvalue weighted by Gasteiger charge is 2.19. The van der Waals surface area contributed by atoms with Gasteiger partial charge in [0, 0.05) is 36.5 Å². The third-order valence-corrected chi connectivity index (χ3v) is 10.2. The van der Waals surface area contributed by atoms with Gasteiger partial charge in [0.2, 0.25) is 35.7 Å². The number of aliphatic hydroxyl groups is 4. The van der Waals surface area contributed by atoms with Gasteiger partial charge in [-0.15, -0.1) is 0 Å². The number of aliphatic hydroxyl groups excluding tert-OH is 4. The lowest BCUT2D eigenvalue weighted by Crippen LogP contribution is -2.22. The Balaban J connectivity index is 1.55. The van der Waals surface area contributed by atoms with E-state index in [0.717, 1.165) is 12.1 Å². The van der Waals surface area contributed by atoms with Crippen molar-refractivity contribution in [3.05, 3.63) is 47.5 Å². The first kappa shape index (κ1) is 53.1. The molecule has 4 rings (SSSR count). The van der Waals surface area contributed by atoms with Crippen LogP contribution in [0.3, 0.4) is 0 Å². The lowest BCUT2D eigenvalue weighted by molar-refractivity contribution is 0.0360. The minimum absolute atomic E-state index is 0.0472. The summed E-state index contributed by atoms with van der Waals surface area (Å²) in [4.78, 5) is 24.7. The third-order valence-electron chi connectivity index (χ3n) is 8.38. The molecular weight excluding hydrogens is 913 g/mol. The van der Waals surface area contributed by atoms with Crippen molar-refractivity contribution in [2.75, 3.05) is 124 Å². The van der Waals surface area contributed by atoms with Crippen LogP contribution in [-0.2, 0) is 39.2 Å². The first-order valence-corrected chi connectivity index (χ1v) is 23.2. The normalized spacial score (nSPS) is 12.8. The van der Waals surface area contributed by atoms with E-state index in [-0.39, 0.29) is 137 Å². The van der Waals surface area contributed by atoms with E-state index in [9.17, 15) is 36.2 Å². The Morgan fingerprint density at radius 3 is 1.21 bits per heavy atom. The fraction of sp³-hybridized carbons (Fsp3) is 0.474. The molecule has 0 radical (unpaired) electrons. The van der Waals surface area contributed by atoms with Crippen LogP contribution in [0.1, 0.15) is 25.0 Å². The van der Waals surface area contributed by atoms with Crippen molar-refractivity contribution in [2.24, 2.45) is 0 Å². The molecule has 0 spiro atoms. The Morgan fingerprint density at radius 2 is 0.864 bits per heavy atom. The van der Waals surface area contributed by atoms with E-state index in [0.29, 0.717) is 13.2 Å². The number of nitrogens with one attached hydrogen (secondary N) is 6. The predicted molar refractivity (Wildman–Crippen MR) is 242 cm³/mol. The molecule has 4 aromatic rings. The maximum absolute atomic E-state index is 12.7. The molecule has 0 bridgehead atoms. The Labute approximate surface area is 381 Å². The van der Waals surface area contributed by atoms with Crippen molar-refractivity contribution in [1.82, 2.24) is 29.9 Å².